The molecule has 0 radical (unpaired) electrons. The number of nitrogens with zero attached hydrogens (tertiary/aromatic N) is 3. The molecule has 104 valence electrons. The molecule has 4 aromatic rings. The number of imidazole rings is 1. The summed E-state index contributed by atoms with van der Waals surface area (Å²) in [5.74, 6) is -0.0242. The van der Waals surface area contributed by atoms with Gasteiger partial charge in [-0.3, -0.25) is 10.1 Å². The minimum atomic E-state index is -0.296. The van der Waals surface area contributed by atoms with E-state index in [-0.39, 0.29) is 11.7 Å². The topological polar surface area (TPSA) is 83.6 Å². The highest BCUT2D eigenvalue weighted by molar-refractivity contribution is 7.28. The molecule has 4 rings (SSSR count). The van der Waals surface area contributed by atoms with Gasteiger partial charge in [-0.05, 0) is 19.1 Å². The lowest BCUT2D eigenvalue weighted by Crippen LogP contribution is -2.13. The fraction of sp³-hybridized carbons (Fsp3) is 0.0769. The van der Waals surface area contributed by atoms with Gasteiger partial charge in [0.15, 0.2) is 11.0 Å². The van der Waals surface area contributed by atoms with Gasteiger partial charge in [0.2, 0.25) is 0 Å². The monoisotopic (exact) mass is 315 g/mol. The molecule has 0 aliphatic rings. The van der Waals surface area contributed by atoms with Crippen molar-refractivity contribution in [2.45, 2.75) is 6.92 Å². The van der Waals surface area contributed by atoms with Crippen molar-refractivity contribution in [1.82, 2.24) is 19.9 Å². The minimum absolute atomic E-state index is 0.271. The van der Waals surface area contributed by atoms with Crippen LogP contribution in [0.3, 0.4) is 0 Å². The predicted octanol–water partition coefficient (Wildman–Crippen LogP) is 3.19. The molecule has 3 aromatic heterocycles. The van der Waals surface area contributed by atoms with Gasteiger partial charge in [0.05, 0.1) is 25.4 Å². The van der Waals surface area contributed by atoms with Crippen molar-refractivity contribution in [3.63, 3.8) is 0 Å². The number of fused-ring (bicyclic) bond motifs is 3. The van der Waals surface area contributed by atoms with Crippen molar-refractivity contribution >= 4 is 54.1 Å². The van der Waals surface area contributed by atoms with Crippen LogP contribution in [-0.4, -0.2) is 25.8 Å². The van der Waals surface area contributed by atoms with Gasteiger partial charge in [0.25, 0.3) is 5.91 Å². The fourth-order valence-electron chi connectivity index (χ4n) is 2.08. The van der Waals surface area contributed by atoms with Crippen LogP contribution < -0.4 is 5.32 Å². The first-order valence-corrected chi connectivity index (χ1v) is 7.81. The summed E-state index contributed by atoms with van der Waals surface area (Å²) < 4.78 is 2.16. The molecule has 1 amide bonds. The number of H-pyrrole nitrogens is 1. The van der Waals surface area contributed by atoms with E-state index in [2.05, 4.69) is 25.3 Å². The third-order valence-corrected chi connectivity index (χ3v) is 5.09. The molecular formula is C13H9N5OS2. The summed E-state index contributed by atoms with van der Waals surface area (Å²) in [7, 11) is 0. The highest BCUT2D eigenvalue weighted by atomic mass is 32.1. The van der Waals surface area contributed by atoms with Crippen LogP contribution in [0.5, 0.6) is 0 Å². The molecule has 3 heterocycles. The van der Waals surface area contributed by atoms with Crippen molar-refractivity contribution in [1.29, 1.82) is 0 Å². The summed E-state index contributed by atoms with van der Waals surface area (Å²) in [5, 5.41) is 4.34. The second-order valence-electron chi connectivity index (χ2n) is 4.41. The lowest BCUT2D eigenvalue weighted by atomic mass is 10.3. The second-order valence-corrected chi connectivity index (χ2v) is 6.61. The summed E-state index contributed by atoms with van der Waals surface area (Å²) in [6, 6.07) is 3.88. The Labute approximate surface area is 126 Å². The molecule has 6 nitrogen and oxygen atoms in total. The van der Waals surface area contributed by atoms with Crippen LogP contribution in [0.1, 0.15) is 15.6 Å². The SMILES string of the molecule is Cc1nc2ccc3nc(NC(=O)c4ncc[nH]4)sc3c2s1. The molecule has 0 saturated heterocycles. The molecule has 1 aromatic carbocycles. The minimum Gasteiger partial charge on any atom is -0.341 e. The summed E-state index contributed by atoms with van der Waals surface area (Å²) in [4.78, 5) is 27.6. The van der Waals surface area contributed by atoms with E-state index in [1.54, 1.807) is 17.5 Å². The third-order valence-electron chi connectivity index (χ3n) is 2.95. The number of carbonyl (C=O) groups is 1. The van der Waals surface area contributed by atoms with Crippen LogP contribution in [0.2, 0.25) is 0 Å². The van der Waals surface area contributed by atoms with Crippen LogP contribution in [-0.2, 0) is 0 Å². The van der Waals surface area contributed by atoms with E-state index in [4.69, 9.17) is 0 Å². The Morgan fingerprint density at radius 1 is 1.19 bits per heavy atom. The van der Waals surface area contributed by atoms with Gasteiger partial charge in [-0.15, -0.1) is 11.3 Å². The van der Waals surface area contributed by atoms with E-state index in [1.807, 2.05) is 19.1 Å². The molecule has 0 atom stereocenters. The Balaban J connectivity index is 1.76. The number of aromatic nitrogens is 4. The highest BCUT2D eigenvalue weighted by Crippen LogP contribution is 2.35. The van der Waals surface area contributed by atoms with Crippen LogP contribution in [0.4, 0.5) is 5.13 Å². The maximum atomic E-state index is 12.0. The molecule has 0 aliphatic carbocycles. The molecule has 0 fully saturated rings. The molecule has 21 heavy (non-hydrogen) atoms. The normalized spacial score (nSPS) is 11.3. The first kappa shape index (κ1) is 12.4. The number of aromatic amines is 1. The number of aryl methyl sites for hydroxylation is 1. The number of hydrogen-bond acceptors (Lipinski definition) is 6. The van der Waals surface area contributed by atoms with Crippen LogP contribution >= 0.6 is 22.7 Å². The van der Waals surface area contributed by atoms with Gasteiger partial charge in [-0.25, -0.2) is 15.0 Å². The summed E-state index contributed by atoms with van der Waals surface area (Å²) >= 11 is 3.09. The lowest BCUT2D eigenvalue weighted by Gasteiger charge is -1.96. The first-order chi connectivity index (χ1) is 10.2. The average Bonchev–Trinajstić information content (AvgIpc) is 3.14. The van der Waals surface area contributed by atoms with E-state index < -0.39 is 0 Å². The summed E-state index contributed by atoms with van der Waals surface area (Å²) in [6.45, 7) is 1.98. The van der Waals surface area contributed by atoms with Gasteiger partial charge in [-0.1, -0.05) is 11.3 Å². The van der Waals surface area contributed by atoms with Crippen LogP contribution in [0, 0.1) is 6.92 Å². The van der Waals surface area contributed by atoms with Crippen molar-refractivity contribution in [3.8, 4) is 0 Å². The average molecular weight is 315 g/mol. The Morgan fingerprint density at radius 2 is 1.95 bits per heavy atom. The highest BCUT2D eigenvalue weighted by Gasteiger charge is 2.14. The predicted molar refractivity (Wildman–Crippen MR) is 84.1 cm³/mol. The lowest BCUT2D eigenvalue weighted by molar-refractivity contribution is 0.101. The third kappa shape index (κ3) is 2.08. The smallest absolute Gasteiger partial charge is 0.293 e. The summed E-state index contributed by atoms with van der Waals surface area (Å²) in [6.07, 6.45) is 3.15. The van der Waals surface area contributed by atoms with Crippen LogP contribution in [0.25, 0.3) is 20.4 Å². The molecule has 0 spiro atoms. The Hall–Kier alpha value is -2.32. The number of anilines is 1. The molecule has 0 bridgehead atoms. The number of amides is 1. The Kier molecular flexibility index (Phi) is 2.72. The number of nitrogens with one attached hydrogen (secondary N) is 2. The zero-order valence-electron chi connectivity index (χ0n) is 10.9. The molecule has 0 saturated carbocycles. The Morgan fingerprint density at radius 3 is 2.71 bits per heavy atom. The van der Waals surface area contributed by atoms with Gasteiger partial charge >= 0.3 is 0 Å². The molecule has 2 N–H and O–H groups in total. The second kappa shape index (κ2) is 4.61. The van der Waals surface area contributed by atoms with Crippen molar-refractivity contribution < 1.29 is 4.79 Å². The van der Waals surface area contributed by atoms with E-state index in [0.29, 0.717) is 5.13 Å². The van der Waals surface area contributed by atoms with Crippen molar-refractivity contribution in [2.75, 3.05) is 5.32 Å². The zero-order chi connectivity index (χ0) is 14.4. The molecule has 8 heteroatoms. The number of hydrogen-bond donors (Lipinski definition) is 2. The number of rotatable bonds is 2. The van der Waals surface area contributed by atoms with Gasteiger partial charge in [0.1, 0.15) is 0 Å². The standard InChI is InChI=1S/C13H9N5OS2/c1-6-16-7-2-3-8-10(9(7)20-6)21-13(17-8)18-12(19)11-14-4-5-15-11/h2-5H,1H3,(H,14,15)(H,17,18,19). The molecule has 0 aliphatic heterocycles. The zero-order valence-corrected chi connectivity index (χ0v) is 12.5. The maximum absolute atomic E-state index is 12.0. The number of thiazole rings is 2. The van der Waals surface area contributed by atoms with Gasteiger partial charge in [0, 0.05) is 12.4 Å². The van der Waals surface area contributed by atoms with Crippen molar-refractivity contribution in [3.05, 3.63) is 35.4 Å². The first-order valence-electron chi connectivity index (χ1n) is 6.18. The molecular weight excluding hydrogens is 306 g/mol. The van der Waals surface area contributed by atoms with Crippen molar-refractivity contribution in [2.24, 2.45) is 0 Å². The number of benzene rings is 1. The Bertz CT molecular complexity index is 954. The van der Waals surface area contributed by atoms with Gasteiger partial charge < -0.3 is 4.98 Å². The largest absolute Gasteiger partial charge is 0.341 e. The van der Waals surface area contributed by atoms with E-state index in [1.165, 1.54) is 17.5 Å². The van der Waals surface area contributed by atoms with Crippen LogP contribution in [0.15, 0.2) is 24.5 Å². The van der Waals surface area contributed by atoms with E-state index in [0.717, 1.165) is 25.4 Å². The number of carbonyl (C=O) groups excluding carboxylic acids is 1. The summed E-state index contributed by atoms with van der Waals surface area (Å²) in [5.41, 5.74) is 1.84. The van der Waals surface area contributed by atoms with Gasteiger partial charge in [-0.2, -0.15) is 0 Å². The maximum Gasteiger partial charge on any atom is 0.293 e. The van der Waals surface area contributed by atoms with E-state index >= 15 is 0 Å². The van der Waals surface area contributed by atoms with E-state index in [9.17, 15) is 4.79 Å². The molecule has 0 unspecified atom stereocenters. The quantitative estimate of drug-likeness (QED) is 0.595. The fourth-order valence-corrected chi connectivity index (χ4v) is 4.09.